The Hall–Kier alpha value is -1.14. The van der Waals surface area contributed by atoms with Gasteiger partial charge in [-0.1, -0.05) is 46.3 Å². The van der Waals surface area contributed by atoms with Crippen LogP contribution in [0.2, 0.25) is 18.1 Å². The first-order valence-electron chi connectivity index (χ1n) is 10.1. The fourth-order valence-electron chi connectivity index (χ4n) is 2.96. The van der Waals surface area contributed by atoms with Gasteiger partial charge in [-0.3, -0.25) is 9.59 Å². The van der Waals surface area contributed by atoms with Crippen molar-refractivity contribution in [1.29, 1.82) is 0 Å². The molecule has 27 heavy (non-hydrogen) atoms. The molecule has 0 heterocycles. The van der Waals surface area contributed by atoms with Crippen LogP contribution < -0.4 is 0 Å². The molecule has 2 N–H and O–H groups in total. The Morgan fingerprint density at radius 2 is 1.63 bits per heavy atom. The Morgan fingerprint density at radius 3 is 2.00 bits per heavy atom. The average Bonchev–Trinajstić information content (AvgIpc) is 2.50. The zero-order chi connectivity index (χ0) is 21.5. The monoisotopic (exact) mass is 400 g/mol. The van der Waals surface area contributed by atoms with Gasteiger partial charge in [0.05, 0.1) is 0 Å². The van der Waals surface area contributed by atoms with Gasteiger partial charge in [0.1, 0.15) is 0 Å². The van der Waals surface area contributed by atoms with Gasteiger partial charge in [0, 0.05) is 6.10 Å². The molecule has 0 aliphatic carbocycles. The van der Waals surface area contributed by atoms with E-state index in [1.54, 1.807) is 6.92 Å². The summed E-state index contributed by atoms with van der Waals surface area (Å²) in [4.78, 5) is 23.3. The number of hydrogen-bond acceptors (Lipinski definition) is 3. The fraction of sp³-hybridized carbons (Fsp3) is 0.810. The SMILES string of the molecule is CCC=C(CCCC(C)O[Si](C)(C)C(C)(C)C)CC(CC)(C(=O)O)C(=O)O. The van der Waals surface area contributed by atoms with Gasteiger partial charge in [0.25, 0.3) is 0 Å². The summed E-state index contributed by atoms with van der Waals surface area (Å²) in [5, 5.41) is 19.2. The van der Waals surface area contributed by atoms with E-state index in [0.29, 0.717) is 6.42 Å². The number of hydrogen-bond donors (Lipinski definition) is 2. The topological polar surface area (TPSA) is 83.8 Å². The Balaban J connectivity index is 4.95. The zero-order valence-corrected chi connectivity index (χ0v) is 19.5. The van der Waals surface area contributed by atoms with E-state index in [2.05, 4.69) is 40.8 Å². The summed E-state index contributed by atoms with van der Waals surface area (Å²) in [6.07, 6.45) is 5.49. The lowest BCUT2D eigenvalue weighted by atomic mass is 9.78. The number of aliphatic carboxylic acids is 2. The van der Waals surface area contributed by atoms with Crippen molar-refractivity contribution in [2.45, 2.75) is 104 Å². The maximum Gasteiger partial charge on any atom is 0.321 e. The molecule has 0 rings (SSSR count). The van der Waals surface area contributed by atoms with E-state index in [1.807, 2.05) is 13.0 Å². The van der Waals surface area contributed by atoms with E-state index in [9.17, 15) is 19.8 Å². The molecule has 0 aromatic carbocycles. The van der Waals surface area contributed by atoms with Gasteiger partial charge < -0.3 is 14.6 Å². The second kappa shape index (κ2) is 10.4. The second-order valence-electron chi connectivity index (χ2n) is 9.07. The molecule has 0 saturated carbocycles. The minimum Gasteiger partial charge on any atom is -0.480 e. The molecule has 0 saturated heterocycles. The lowest BCUT2D eigenvalue weighted by Gasteiger charge is -2.38. The highest BCUT2D eigenvalue weighted by Crippen LogP contribution is 2.38. The van der Waals surface area contributed by atoms with Crippen molar-refractivity contribution in [3.05, 3.63) is 11.6 Å². The summed E-state index contributed by atoms with van der Waals surface area (Å²) in [6.45, 7) is 16.8. The normalized spacial score (nSPS) is 14.9. The van der Waals surface area contributed by atoms with Crippen molar-refractivity contribution in [3.8, 4) is 0 Å². The molecule has 6 heteroatoms. The van der Waals surface area contributed by atoms with Crippen LogP contribution in [0.5, 0.6) is 0 Å². The standard InChI is InChI=1S/C21H40O5Si/c1-9-12-17(15-21(10-2,18(22)23)19(24)25)14-11-13-16(3)26-27(7,8)20(4,5)6/h12,16H,9-11,13-15H2,1-8H3,(H,22,23)(H,24,25). The minimum atomic E-state index is -1.80. The number of carboxylic acids is 2. The highest BCUT2D eigenvalue weighted by Gasteiger charge is 2.45. The Morgan fingerprint density at radius 1 is 1.11 bits per heavy atom. The molecule has 0 aliphatic rings. The molecule has 1 atom stereocenters. The van der Waals surface area contributed by atoms with Crippen LogP contribution >= 0.6 is 0 Å². The van der Waals surface area contributed by atoms with E-state index in [-0.39, 0.29) is 24.0 Å². The lowest BCUT2D eigenvalue weighted by Crippen LogP contribution is -2.43. The van der Waals surface area contributed by atoms with Crippen LogP contribution in [-0.4, -0.2) is 36.6 Å². The smallest absolute Gasteiger partial charge is 0.321 e. The van der Waals surface area contributed by atoms with Crippen molar-refractivity contribution in [2.75, 3.05) is 0 Å². The number of carbonyl (C=O) groups is 2. The third-order valence-corrected chi connectivity index (χ3v) is 10.5. The van der Waals surface area contributed by atoms with E-state index < -0.39 is 25.7 Å². The zero-order valence-electron chi connectivity index (χ0n) is 18.5. The van der Waals surface area contributed by atoms with Gasteiger partial charge in [-0.15, -0.1) is 0 Å². The molecule has 0 aromatic rings. The van der Waals surface area contributed by atoms with Crippen LogP contribution in [0.4, 0.5) is 0 Å². The van der Waals surface area contributed by atoms with Crippen LogP contribution in [-0.2, 0) is 14.0 Å². The average molecular weight is 401 g/mol. The highest BCUT2D eigenvalue weighted by atomic mass is 28.4. The van der Waals surface area contributed by atoms with Gasteiger partial charge >= 0.3 is 11.9 Å². The number of carboxylic acid groups (broad SMARTS) is 2. The third kappa shape index (κ3) is 7.41. The summed E-state index contributed by atoms with van der Waals surface area (Å²) in [6, 6.07) is 0. The van der Waals surface area contributed by atoms with Crippen molar-refractivity contribution >= 4 is 20.3 Å². The first-order chi connectivity index (χ1) is 12.2. The largest absolute Gasteiger partial charge is 0.480 e. The summed E-state index contributed by atoms with van der Waals surface area (Å²) in [5.74, 6) is -2.51. The summed E-state index contributed by atoms with van der Waals surface area (Å²) in [5.41, 5.74) is -0.812. The molecule has 5 nitrogen and oxygen atoms in total. The van der Waals surface area contributed by atoms with Crippen molar-refractivity contribution < 1.29 is 24.2 Å². The maximum atomic E-state index is 11.6. The predicted molar refractivity (Wildman–Crippen MR) is 113 cm³/mol. The molecule has 0 aliphatic heterocycles. The quantitative estimate of drug-likeness (QED) is 0.243. The number of rotatable bonds is 12. The molecular formula is C21H40O5Si. The molecule has 0 amide bonds. The Kier molecular flexibility index (Phi) is 9.97. The minimum absolute atomic E-state index is 0.0689. The highest BCUT2D eigenvalue weighted by molar-refractivity contribution is 6.74. The summed E-state index contributed by atoms with van der Waals surface area (Å²) < 4.78 is 6.37. The van der Waals surface area contributed by atoms with E-state index in [4.69, 9.17) is 4.43 Å². The van der Waals surface area contributed by atoms with E-state index in [1.165, 1.54) is 0 Å². The molecule has 0 radical (unpaired) electrons. The molecule has 0 fully saturated rings. The Bertz CT molecular complexity index is 517. The molecule has 0 spiro atoms. The van der Waals surface area contributed by atoms with Crippen LogP contribution in [0.3, 0.4) is 0 Å². The predicted octanol–water partition coefficient (Wildman–Crippen LogP) is 5.86. The van der Waals surface area contributed by atoms with Gasteiger partial charge in [-0.25, -0.2) is 0 Å². The Labute approximate surface area is 166 Å². The lowest BCUT2D eigenvalue weighted by molar-refractivity contribution is -0.164. The van der Waals surface area contributed by atoms with Gasteiger partial charge in [0.2, 0.25) is 0 Å². The second-order valence-corrected chi connectivity index (χ2v) is 13.8. The number of allylic oxidation sites excluding steroid dienone is 2. The van der Waals surface area contributed by atoms with Gasteiger partial charge in [-0.2, -0.15) is 0 Å². The first kappa shape index (κ1) is 25.9. The van der Waals surface area contributed by atoms with Gasteiger partial charge in [-0.05, 0) is 63.6 Å². The fourth-order valence-corrected chi connectivity index (χ4v) is 4.44. The molecule has 1 unspecified atom stereocenters. The van der Waals surface area contributed by atoms with E-state index >= 15 is 0 Å². The van der Waals surface area contributed by atoms with Crippen molar-refractivity contribution in [3.63, 3.8) is 0 Å². The molecule has 158 valence electrons. The van der Waals surface area contributed by atoms with Crippen LogP contribution in [0.15, 0.2) is 11.6 Å². The third-order valence-electron chi connectivity index (χ3n) is 5.85. The van der Waals surface area contributed by atoms with Gasteiger partial charge in [0.15, 0.2) is 13.7 Å². The molecular weight excluding hydrogens is 360 g/mol. The first-order valence-corrected chi connectivity index (χ1v) is 13.0. The van der Waals surface area contributed by atoms with Crippen LogP contribution in [0.1, 0.15) is 80.1 Å². The summed E-state index contributed by atoms with van der Waals surface area (Å²) in [7, 11) is -1.80. The van der Waals surface area contributed by atoms with Crippen molar-refractivity contribution in [1.82, 2.24) is 0 Å². The molecule has 0 aromatic heterocycles. The summed E-state index contributed by atoms with van der Waals surface area (Å²) >= 11 is 0. The molecule has 0 bridgehead atoms. The van der Waals surface area contributed by atoms with Crippen molar-refractivity contribution in [2.24, 2.45) is 5.41 Å². The van der Waals surface area contributed by atoms with E-state index in [0.717, 1.165) is 24.8 Å². The van der Waals surface area contributed by atoms with Crippen LogP contribution in [0.25, 0.3) is 0 Å². The maximum absolute atomic E-state index is 11.6. The van der Waals surface area contributed by atoms with Crippen LogP contribution in [0, 0.1) is 5.41 Å².